The second kappa shape index (κ2) is 2.65. The molecule has 1 saturated heterocycles. The summed E-state index contributed by atoms with van der Waals surface area (Å²) in [6.07, 6.45) is -5.29. The topological polar surface area (TPSA) is 90.2 Å². The second-order valence-electron chi connectivity index (χ2n) is 2.38. The maximum Gasteiger partial charge on any atom is 0.286 e. The Morgan fingerprint density at radius 2 is 2.00 bits per heavy atom. The van der Waals surface area contributed by atoms with E-state index in [-0.39, 0.29) is 0 Å². The van der Waals surface area contributed by atoms with E-state index in [0.717, 1.165) is 0 Å². The highest BCUT2D eigenvalue weighted by Gasteiger charge is 2.55. The van der Waals surface area contributed by atoms with Gasteiger partial charge in [-0.15, -0.1) is 0 Å². The van der Waals surface area contributed by atoms with Crippen LogP contribution in [0.1, 0.15) is 0 Å². The van der Waals surface area contributed by atoms with Gasteiger partial charge in [-0.1, -0.05) is 0 Å². The van der Waals surface area contributed by atoms with Gasteiger partial charge in [0.25, 0.3) is 5.85 Å². The average molecular weight is 168 g/mol. The average Bonchev–Trinajstić information content (AvgIpc) is 2.14. The Morgan fingerprint density at radius 1 is 1.45 bits per heavy atom. The molecule has 0 aromatic carbocycles. The highest BCUT2D eigenvalue weighted by molar-refractivity contribution is 4.91. The Kier molecular flexibility index (Phi) is 2.13. The largest absolute Gasteiger partial charge is 0.394 e. The van der Waals surface area contributed by atoms with E-state index >= 15 is 0 Å². The first-order valence-electron chi connectivity index (χ1n) is 3.04. The normalized spacial score (nSPS) is 51.5. The quantitative estimate of drug-likeness (QED) is 0.354. The van der Waals surface area contributed by atoms with E-state index in [9.17, 15) is 4.39 Å². The summed E-state index contributed by atoms with van der Waals surface area (Å²) in [5.41, 5.74) is 0. The molecule has 0 saturated carbocycles. The molecule has 5 nitrogen and oxygen atoms in total. The van der Waals surface area contributed by atoms with E-state index in [1.54, 1.807) is 0 Å². The molecule has 0 aromatic rings. The van der Waals surface area contributed by atoms with Crippen molar-refractivity contribution in [2.45, 2.75) is 24.4 Å². The molecule has 66 valence electrons. The van der Waals surface area contributed by atoms with E-state index < -0.39 is 31.0 Å². The van der Waals surface area contributed by atoms with Crippen molar-refractivity contribution in [3.05, 3.63) is 0 Å². The minimum absolute atomic E-state index is 0.662. The molecule has 6 heteroatoms. The van der Waals surface area contributed by atoms with Gasteiger partial charge in [-0.25, -0.2) is 4.39 Å². The monoisotopic (exact) mass is 168 g/mol. The summed E-state index contributed by atoms with van der Waals surface area (Å²) in [6.45, 7) is -0.662. The van der Waals surface area contributed by atoms with Crippen LogP contribution in [-0.4, -0.2) is 51.4 Å². The van der Waals surface area contributed by atoms with Crippen LogP contribution in [0.2, 0.25) is 0 Å². The van der Waals surface area contributed by atoms with Crippen molar-refractivity contribution >= 4 is 0 Å². The number of alkyl halides is 1. The summed E-state index contributed by atoms with van der Waals surface area (Å²) in [7, 11) is 0. The molecule has 1 rings (SSSR count). The Morgan fingerprint density at radius 3 is 2.18 bits per heavy atom. The fourth-order valence-electron chi connectivity index (χ4n) is 0.885. The molecule has 0 radical (unpaired) electrons. The lowest BCUT2D eigenvalue weighted by Gasteiger charge is -2.17. The van der Waals surface area contributed by atoms with Gasteiger partial charge in [0.1, 0.15) is 12.2 Å². The third kappa shape index (κ3) is 1.23. The first-order chi connectivity index (χ1) is 5.00. The van der Waals surface area contributed by atoms with Crippen molar-refractivity contribution in [1.29, 1.82) is 0 Å². The first kappa shape index (κ1) is 8.82. The van der Waals surface area contributed by atoms with E-state index in [1.165, 1.54) is 0 Å². The van der Waals surface area contributed by atoms with Crippen molar-refractivity contribution in [3.63, 3.8) is 0 Å². The van der Waals surface area contributed by atoms with Gasteiger partial charge >= 0.3 is 0 Å². The summed E-state index contributed by atoms with van der Waals surface area (Å²) in [5, 5.41) is 34.5. The Bertz CT molecular complexity index is 150. The Labute approximate surface area is 61.6 Å². The molecule has 4 unspecified atom stereocenters. The van der Waals surface area contributed by atoms with Gasteiger partial charge in [0, 0.05) is 0 Å². The number of hydrogen-bond acceptors (Lipinski definition) is 5. The zero-order chi connectivity index (χ0) is 8.65. The molecule has 4 N–H and O–H groups in total. The molecule has 0 aromatic heterocycles. The Balaban J connectivity index is 2.71. The van der Waals surface area contributed by atoms with Crippen LogP contribution < -0.4 is 0 Å². The van der Waals surface area contributed by atoms with Gasteiger partial charge in [-0.3, -0.25) is 0 Å². The second-order valence-corrected chi connectivity index (χ2v) is 2.38. The van der Waals surface area contributed by atoms with Crippen LogP contribution in [0.15, 0.2) is 0 Å². The molecular weight excluding hydrogens is 159 g/mol. The summed E-state index contributed by atoms with van der Waals surface area (Å²) < 4.78 is 16.9. The van der Waals surface area contributed by atoms with E-state index in [4.69, 9.17) is 20.4 Å². The predicted octanol–water partition coefficient (Wildman–Crippen LogP) is -2.29. The Hall–Kier alpha value is -0.270. The number of rotatable bonds is 1. The molecule has 11 heavy (non-hydrogen) atoms. The molecule has 0 bridgehead atoms. The standard InChI is InChI=1S/C5H9FO5/c6-5(10)3(8)2(1-7)11-4(5)9/h2-4,7-10H,1H2. The van der Waals surface area contributed by atoms with Gasteiger partial charge in [-0.2, -0.15) is 0 Å². The lowest BCUT2D eigenvalue weighted by atomic mass is 10.1. The third-order valence-corrected chi connectivity index (χ3v) is 1.60. The van der Waals surface area contributed by atoms with Crippen LogP contribution in [0.5, 0.6) is 0 Å². The smallest absolute Gasteiger partial charge is 0.286 e. The van der Waals surface area contributed by atoms with E-state index in [2.05, 4.69) is 4.74 Å². The molecule has 1 aliphatic heterocycles. The van der Waals surface area contributed by atoms with Crippen molar-refractivity contribution in [2.75, 3.05) is 6.61 Å². The van der Waals surface area contributed by atoms with Crippen molar-refractivity contribution in [2.24, 2.45) is 0 Å². The number of aliphatic hydroxyl groups excluding tert-OH is 3. The molecule has 0 spiro atoms. The number of hydrogen-bond donors (Lipinski definition) is 4. The van der Waals surface area contributed by atoms with Crippen molar-refractivity contribution in [3.8, 4) is 0 Å². The lowest BCUT2D eigenvalue weighted by molar-refractivity contribution is -0.239. The van der Waals surface area contributed by atoms with E-state index in [0.29, 0.717) is 0 Å². The first-order valence-corrected chi connectivity index (χ1v) is 3.04. The molecule has 1 heterocycles. The zero-order valence-corrected chi connectivity index (χ0v) is 5.51. The van der Waals surface area contributed by atoms with Gasteiger partial charge in [-0.05, 0) is 0 Å². The van der Waals surface area contributed by atoms with Crippen LogP contribution in [0.3, 0.4) is 0 Å². The predicted molar refractivity (Wildman–Crippen MR) is 30.0 cm³/mol. The maximum atomic E-state index is 12.7. The number of aliphatic hydroxyl groups is 4. The van der Waals surface area contributed by atoms with Crippen LogP contribution in [0.4, 0.5) is 4.39 Å². The number of ether oxygens (including phenoxy) is 1. The summed E-state index contributed by atoms with van der Waals surface area (Å²) in [6, 6.07) is 0. The molecule has 0 aliphatic carbocycles. The summed E-state index contributed by atoms with van der Waals surface area (Å²) in [5.74, 6) is -3.19. The van der Waals surface area contributed by atoms with E-state index in [1.807, 2.05) is 0 Å². The van der Waals surface area contributed by atoms with Crippen molar-refractivity contribution < 1.29 is 29.6 Å². The van der Waals surface area contributed by atoms with Crippen LogP contribution in [0.25, 0.3) is 0 Å². The fraction of sp³-hybridized carbons (Fsp3) is 1.00. The SMILES string of the molecule is OCC1OC(O)C(O)(F)C1O. The number of halogens is 1. The molecule has 4 atom stereocenters. The van der Waals surface area contributed by atoms with Crippen molar-refractivity contribution in [1.82, 2.24) is 0 Å². The summed E-state index contributed by atoms with van der Waals surface area (Å²) in [4.78, 5) is 0. The van der Waals surface area contributed by atoms with Gasteiger partial charge in [0.15, 0.2) is 0 Å². The summed E-state index contributed by atoms with van der Waals surface area (Å²) >= 11 is 0. The maximum absolute atomic E-state index is 12.7. The van der Waals surface area contributed by atoms with Crippen LogP contribution in [-0.2, 0) is 4.74 Å². The third-order valence-electron chi connectivity index (χ3n) is 1.60. The molecule has 1 fully saturated rings. The lowest BCUT2D eigenvalue weighted by Crippen LogP contribution is -2.44. The van der Waals surface area contributed by atoms with Crippen LogP contribution in [0, 0.1) is 0 Å². The minimum Gasteiger partial charge on any atom is -0.394 e. The highest BCUT2D eigenvalue weighted by Crippen LogP contribution is 2.30. The van der Waals surface area contributed by atoms with Gasteiger partial charge in [0.2, 0.25) is 6.29 Å². The molecule has 0 amide bonds. The van der Waals surface area contributed by atoms with Gasteiger partial charge < -0.3 is 25.2 Å². The molecule has 1 aliphatic rings. The minimum atomic E-state index is -3.19. The molecular formula is C5H9FO5. The fourth-order valence-corrected chi connectivity index (χ4v) is 0.885. The van der Waals surface area contributed by atoms with Crippen LogP contribution >= 0.6 is 0 Å². The zero-order valence-electron chi connectivity index (χ0n) is 5.51. The highest BCUT2D eigenvalue weighted by atomic mass is 19.2. The van der Waals surface area contributed by atoms with Gasteiger partial charge in [0.05, 0.1) is 6.61 Å².